The lowest BCUT2D eigenvalue weighted by atomic mass is 10.0. The minimum absolute atomic E-state index is 0.0118. The van der Waals surface area contributed by atoms with Gasteiger partial charge in [0.2, 0.25) is 11.8 Å². The molecule has 1 heterocycles. The second-order valence-electron chi connectivity index (χ2n) is 4.20. The van der Waals surface area contributed by atoms with Gasteiger partial charge in [-0.25, -0.2) is 0 Å². The molecule has 0 aliphatic carbocycles. The van der Waals surface area contributed by atoms with Gasteiger partial charge in [0.15, 0.2) is 5.78 Å². The Labute approximate surface area is 115 Å². The van der Waals surface area contributed by atoms with Crippen LogP contribution in [0.3, 0.4) is 0 Å². The summed E-state index contributed by atoms with van der Waals surface area (Å²) >= 11 is 0. The van der Waals surface area contributed by atoms with Gasteiger partial charge in [0.25, 0.3) is 0 Å². The van der Waals surface area contributed by atoms with E-state index in [0.29, 0.717) is 30.0 Å². The molecule has 0 spiro atoms. The first-order chi connectivity index (χ1) is 9.60. The highest BCUT2D eigenvalue weighted by molar-refractivity contribution is 6.02. The molecule has 0 atom stereocenters. The number of nitrogens with one attached hydrogen (secondary N) is 2. The van der Waals surface area contributed by atoms with E-state index in [2.05, 4.69) is 17.2 Å². The van der Waals surface area contributed by atoms with Gasteiger partial charge in [-0.2, -0.15) is 0 Å². The summed E-state index contributed by atoms with van der Waals surface area (Å²) in [6.45, 7) is 3.50. The Balaban J connectivity index is 2.01. The molecule has 1 aliphatic heterocycles. The molecule has 6 heteroatoms. The van der Waals surface area contributed by atoms with Crippen molar-refractivity contribution in [2.24, 2.45) is 0 Å². The summed E-state index contributed by atoms with van der Waals surface area (Å²) in [6, 6.07) is 4.86. The SMILES string of the molecule is C=CC(=O)NCC(=O)Nc1ccc2c(c1)C(=O)CCO2. The number of ketones is 1. The number of carbonyl (C=O) groups is 3. The Morgan fingerprint density at radius 3 is 2.95 bits per heavy atom. The van der Waals surface area contributed by atoms with E-state index in [1.165, 1.54) is 0 Å². The summed E-state index contributed by atoms with van der Waals surface area (Å²) in [5.41, 5.74) is 0.949. The van der Waals surface area contributed by atoms with Gasteiger partial charge in [0.1, 0.15) is 5.75 Å². The van der Waals surface area contributed by atoms with Gasteiger partial charge in [-0.1, -0.05) is 6.58 Å². The van der Waals surface area contributed by atoms with E-state index in [1.54, 1.807) is 18.2 Å². The van der Waals surface area contributed by atoms with Gasteiger partial charge in [-0.05, 0) is 24.3 Å². The van der Waals surface area contributed by atoms with Crippen LogP contribution in [0.15, 0.2) is 30.9 Å². The zero-order valence-electron chi connectivity index (χ0n) is 10.8. The Kier molecular flexibility index (Phi) is 4.14. The summed E-state index contributed by atoms with van der Waals surface area (Å²) in [6.07, 6.45) is 1.42. The largest absolute Gasteiger partial charge is 0.492 e. The Hall–Kier alpha value is -2.63. The van der Waals surface area contributed by atoms with Crippen LogP contribution in [-0.4, -0.2) is 30.7 Å². The lowest BCUT2D eigenvalue weighted by molar-refractivity contribution is -0.121. The van der Waals surface area contributed by atoms with Crippen molar-refractivity contribution >= 4 is 23.3 Å². The number of Topliss-reactive ketones (excluding diaryl/α,β-unsaturated/α-hetero) is 1. The molecular formula is C14H14N2O4. The van der Waals surface area contributed by atoms with E-state index in [1.807, 2.05) is 0 Å². The summed E-state index contributed by atoms with van der Waals surface area (Å²) in [5.74, 6) is -0.292. The first-order valence-electron chi connectivity index (χ1n) is 6.10. The number of anilines is 1. The molecule has 6 nitrogen and oxygen atoms in total. The van der Waals surface area contributed by atoms with E-state index >= 15 is 0 Å². The number of hydrogen-bond acceptors (Lipinski definition) is 4. The fraction of sp³-hybridized carbons (Fsp3) is 0.214. The molecule has 20 heavy (non-hydrogen) atoms. The van der Waals surface area contributed by atoms with Gasteiger partial charge in [-0.15, -0.1) is 0 Å². The van der Waals surface area contributed by atoms with Crippen molar-refractivity contribution in [3.05, 3.63) is 36.4 Å². The third kappa shape index (κ3) is 3.23. The van der Waals surface area contributed by atoms with Gasteiger partial charge >= 0.3 is 0 Å². The van der Waals surface area contributed by atoms with Gasteiger partial charge in [0.05, 0.1) is 18.7 Å². The molecule has 1 aliphatic rings. The van der Waals surface area contributed by atoms with Crippen LogP contribution in [0.5, 0.6) is 5.75 Å². The van der Waals surface area contributed by atoms with Crippen LogP contribution in [0.4, 0.5) is 5.69 Å². The third-order valence-electron chi connectivity index (χ3n) is 2.76. The molecule has 0 aromatic heterocycles. The second-order valence-corrected chi connectivity index (χ2v) is 4.20. The van der Waals surface area contributed by atoms with E-state index in [9.17, 15) is 14.4 Å². The summed E-state index contributed by atoms with van der Waals surface area (Å²) < 4.78 is 5.35. The number of benzene rings is 1. The number of hydrogen-bond donors (Lipinski definition) is 2. The van der Waals surface area contributed by atoms with Crippen molar-refractivity contribution in [3.8, 4) is 5.75 Å². The maximum Gasteiger partial charge on any atom is 0.243 e. The van der Waals surface area contributed by atoms with Gasteiger partial charge < -0.3 is 15.4 Å². The number of carbonyl (C=O) groups excluding carboxylic acids is 3. The molecule has 0 fully saturated rings. The van der Waals surface area contributed by atoms with Crippen LogP contribution >= 0.6 is 0 Å². The smallest absolute Gasteiger partial charge is 0.243 e. The first-order valence-corrected chi connectivity index (χ1v) is 6.10. The molecule has 2 amide bonds. The van der Waals surface area contributed by atoms with Crippen LogP contribution in [0.2, 0.25) is 0 Å². The summed E-state index contributed by atoms with van der Waals surface area (Å²) in [7, 11) is 0. The molecule has 2 rings (SSSR count). The van der Waals surface area contributed by atoms with Crippen molar-refractivity contribution < 1.29 is 19.1 Å². The average Bonchev–Trinajstić information content (AvgIpc) is 2.45. The van der Waals surface area contributed by atoms with E-state index in [0.717, 1.165) is 6.08 Å². The lowest BCUT2D eigenvalue weighted by Crippen LogP contribution is -2.31. The Morgan fingerprint density at radius 2 is 2.20 bits per heavy atom. The summed E-state index contributed by atoms with van der Waals surface area (Å²) in [5, 5.41) is 4.96. The first kappa shape index (κ1) is 13.8. The molecule has 1 aromatic carbocycles. The third-order valence-corrected chi connectivity index (χ3v) is 2.76. The lowest BCUT2D eigenvalue weighted by Gasteiger charge is -2.17. The topological polar surface area (TPSA) is 84.5 Å². The number of ether oxygens (including phenoxy) is 1. The zero-order chi connectivity index (χ0) is 14.5. The maximum absolute atomic E-state index is 11.7. The predicted octanol–water partition coefficient (Wildman–Crippen LogP) is 0.892. The van der Waals surface area contributed by atoms with E-state index in [4.69, 9.17) is 4.74 Å². The number of rotatable bonds is 4. The fourth-order valence-electron chi connectivity index (χ4n) is 1.78. The predicted molar refractivity (Wildman–Crippen MR) is 72.7 cm³/mol. The van der Waals surface area contributed by atoms with Gasteiger partial charge in [0, 0.05) is 12.1 Å². The summed E-state index contributed by atoms with van der Waals surface area (Å²) in [4.78, 5) is 34.3. The fourth-order valence-corrected chi connectivity index (χ4v) is 1.78. The highest BCUT2D eigenvalue weighted by atomic mass is 16.5. The van der Waals surface area contributed by atoms with Crippen molar-refractivity contribution in [3.63, 3.8) is 0 Å². The Bertz CT molecular complexity index is 581. The van der Waals surface area contributed by atoms with Gasteiger partial charge in [-0.3, -0.25) is 14.4 Å². The van der Waals surface area contributed by atoms with E-state index < -0.39 is 5.91 Å². The van der Waals surface area contributed by atoms with Crippen LogP contribution < -0.4 is 15.4 Å². The molecule has 0 saturated heterocycles. The minimum atomic E-state index is -0.422. The molecule has 104 valence electrons. The van der Waals surface area contributed by atoms with Crippen molar-refractivity contribution in [2.75, 3.05) is 18.5 Å². The van der Waals surface area contributed by atoms with Crippen LogP contribution in [0, 0.1) is 0 Å². The average molecular weight is 274 g/mol. The molecule has 0 unspecified atom stereocenters. The monoisotopic (exact) mass is 274 g/mol. The highest BCUT2D eigenvalue weighted by Gasteiger charge is 2.18. The van der Waals surface area contributed by atoms with Crippen molar-refractivity contribution in [1.82, 2.24) is 5.32 Å². The minimum Gasteiger partial charge on any atom is -0.492 e. The molecule has 2 N–H and O–H groups in total. The quantitative estimate of drug-likeness (QED) is 0.799. The number of fused-ring (bicyclic) bond motifs is 1. The number of amides is 2. The Morgan fingerprint density at radius 1 is 1.40 bits per heavy atom. The highest BCUT2D eigenvalue weighted by Crippen LogP contribution is 2.27. The van der Waals surface area contributed by atoms with E-state index in [-0.39, 0.29) is 18.2 Å². The molecule has 0 saturated carbocycles. The maximum atomic E-state index is 11.7. The van der Waals surface area contributed by atoms with Crippen LogP contribution in [0.1, 0.15) is 16.8 Å². The molecular weight excluding hydrogens is 260 g/mol. The van der Waals surface area contributed by atoms with Crippen LogP contribution in [0.25, 0.3) is 0 Å². The standard InChI is InChI=1S/C14H14N2O4/c1-2-13(18)15-8-14(19)16-9-3-4-12-10(7-9)11(17)5-6-20-12/h2-4,7H,1,5-6,8H2,(H,15,18)(H,16,19). The second kappa shape index (κ2) is 6.01. The van der Waals surface area contributed by atoms with Crippen molar-refractivity contribution in [2.45, 2.75) is 6.42 Å². The molecule has 0 radical (unpaired) electrons. The normalized spacial score (nSPS) is 12.9. The zero-order valence-corrected chi connectivity index (χ0v) is 10.8. The van der Waals surface area contributed by atoms with Crippen molar-refractivity contribution in [1.29, 1.82) is 0 Å². The molecule has 0 bridgehead atoms. The molecule has 1 aromatic rings. The van der Waals surface area contributed by atoms with Crippen LogP contribution in [-0.2, 0) is 9.59 Å².